The van der Waals surface area contributed by atoms with E-state index in [-0.39, 0.29) is 35.7 Å². The van der Waals surface area contributed by atoms with Gasteiger partial charge in [-0.15, -0.1) is 0 Å². The number of rotatable bonds is 9. The maximum Gasteiger partial charge on any atom is 0.407 e. The molecule has 0 unspecified atom stereocenters. The molecule has 2 heterocycles. The molecule has 0 radical (unpaired) electrons. The van der Waals surface area contributed by atoms with E-state index in [1.54, 1.807) is 20.8 Å². The Morgan fingerprint density at radius 1 is 1.05 bits per heavy atom. The number of benzene rings is 1. The Balaban J connectivity index is 1.39. The van der Waals surface area contributed by atoms with Crippen LogP contribution >= 0.6 is 0 Å². The van der Waals surface area contributed by atoms with E-state index in [1.807, 2.05) is 64.2 Å². The normalized spacial score (nSPS) is 21.8. The molecule has 12 nitrogen and oxygen atoms in total. The predicted octanol–water partition coefficient (Wildman–Crippen LogP) is 3.84. The summed E-state index contributed by atoms with van der Waals surface area (Å²) < 4.78 is 11.6. The van der Waals surface area contributed by atoms with Crippen molar-refractivity contribution in [1.82, 2.24) is 26.1 Å². The van der Waals surface area contributed by atoms with Crippen LogP contribution in [0.4, 0.5) is 9.59 Å². The van der Waals surface area contributed by atoms with Gasteiger partial charge in [0, 0.05) is 6.54 Å². The molecule has 2 bridgehead atoms. The van der Waals surface area contributed by atoms with Crippen LogP contribution in [0, 0.1) is 5.41 Å². The van der Waals surface area contributed by atoms with Crippen molar-refractivity contribution >= 4 is 32.3 Å². The molecule has 1 aromatic carbocycles. The average Bonchev–Trinajstić information content (AvgIpc) is 3.62. The number of ether oxygens (including phenoxy) is 1. The zero-order valence-corrected chi connectivity index (χ0v) is 27.6. The Kier molecular flexibility index (Phi) is 9.20. The summed E-state index contributed by atoms with van der Waals surface area (Å²) in [6.45, 7) is 15.9. The third-order valence-electron chi connectivity index (χ3n) is 8.85. The maximum absolute atomic E-state index is 13.4. The second kappa shape index (κ2) is 12.1. The number of hydrogen-bond acceptors (Lipinski definition) is 7. The van der Waals surface area contributed by atoms with Gasteiger partial charge in [0.2, 0.25) is 0 Å². The second-order valence-electron chi connectivity index (χ2n) is 14.3. The van der Waals surface area contributed by atoms with E-state index in [0.717, 1.165) is 18.4 Å². The van der Waals surface area contributed by atoms with E-state index < -0.39 is 44.0 Å². The summed E-state index contributed by atoms with van der Waals surface area (Å²) in [6.07, 6.45) is 0.541. The summed E-state index contributed by atoms with van der Waals surface area (Å²) in [4.78, 5) is 60.0. The molecule has 1 saturated carbocycles. The van der Waals surface area contributed by atoms with Crippen molar-refractivity contribution in [1.29, 1.82) is 0 Å². The highest BCUT2D eigenvalue weighted by molar-refractivity contribution is 6.74. The topological polar surface area (TPSA) is 139 Å². The van der Waals surface area contributed by atoms with Gasteiger partial charge in [0.15, 0.2) is 8.32 Å². The van der Waals surface area contributed by atoms with Crippen molar-refractivity contribution in [3.05, 3.63) is 35.9 Å². The number of hydrazine groups is 1. The molecular weight excluding hydrogens is 570 g/mol. The maximum atomic E-state index is 13.4. The number of urea groups is 1. The van der Waals surface area contributed by atoms with E-state index in [2.05, 4.69) is 16.2 Å². The lowest BCUT2D eigenvalue weighted by atomic mass is 9.85. The molecule has 1 aliphatic carbocycles. The molecule has 3 N–H and O–H groups in total. The Hall–Kier alpha value is -3.16. The molecular formula is C30H47N5O7Si. The van der Waals surface area contributed by atoms with Crippen LogP contribution in [0.3, 0.4) is 0 Å². The summed E-state index contributed by atoms with van der Waals surface area (Å²) in [6, 6.07) is 8.40. The van der Waals surface area contributed by atoms with Gasteiger partial charge in [-0.25, -0.2) is 9.59 Å². The average molecular weight is 618 g/mol. The van der Waals surface area contributed by atoms with Gasteiger partial charge in [0.05, 0.1) is 12.6 Å². The lowest BCUT2D eigenvalue weighted by Gasteiger charge is -2.39. The molecule has 4 rings (SSSR count). The van der Waals surface area contributed by atoms with Crippen LogP contribution in [0.25, 0.3) is 0 Å². The standard InChI is InChI=1S/C30H47N5O7Si/c1-28(2,3)41-26(38)31-17-22(42-43(7,8)29(4,5)6)25(37)33-32-24(36)21-16-30(14-15-30)23-18-34(21)27(39)35(23)40-19-20-12-10-9-11-13-20/h9-13,21-23H,14-19H2,1-8H3,(H,31,38)(H,32,36)(H,33,37)/t21-,22-,23+/m0/s1. The van der Waals surface area contributed by atoms with Crippen LogP contribution in [-0.4, -0.2) is 79.1 Å². The first-order chi connectivity index (χ1) is 19.9. The van der Waals surface area contributed by atoms with Gasteiger partial charge in [-0.05, 0) is 69.1 Å². The first-order valence-corrected chi connectivity index (χ1v) is 17.8. The summed E-state index contributed by atoms with van der Waals surface area (Å²) in [5, 5.41) is 3.85. The highest BCUT2D eigenvalue weighted by atomic mass is 28.4. The van der Waals surface area contributed by atoms with Crippen LogP contribution in [0.5, 0.6) is 0 Å². The molecule has 0 aromatic heterocycles. The fraction of sp³-hybridized carbons (Fsp3) is 0.667. The largest absolute Gasteiger partial charge is 0.444 e. The predicted molar refractivity (Wildman–Crippen MR) is 162 cm³/mol. The first kappa shape index (κ1) is 32.7. The van der Waals surface area contributed by atoms with Gasteiger partial charge < -0.3 is 19.4 Å². The molecule has 1 spiro atoms. The monoisotopic (exact) mass is 617 g/mol. The van der Waals surface area contributed by atoms with Crippen LogP contribution in [0.2, 0.25) is 18.1 Å². The first-order valence-electron chi connectivity index (χ1n) is 14.9. The molecule has 1 aromatic rings. The van der Waals surface area contributed by atoms with Gasteiger partial charge in [0.1, 0.15) is 24.4 Å². The molecule has 3 atom stereocenters. The number of nitrogens with one attached hydrogen (secondary N) is 3. The van der Waals surface area contributed by atoms with Gasteiger partial charge in [0.25, 0.3) is 11.8 Å². The molecule has 2 saturated heterocycles. The summed E-state index contributed by atoms with van der Waals surface area (Å²) in [5.41, 5.74) is 5.07. The zero-order valence-electron chi connectivity index (χ0n) is 26.6. The number of piperidine rings is 1. The summed E-state index contributed by atoms with van der Waals surface area (Å²) in [5.74, 6) is -1.09. The number of nitrogens with zero attached hydrogens (tertiary/aromatic N) is 2. The SMILES string of the molecule is CC(C)(C)OC(=O)NC[C@H](O[Si](C)(C)C(C)(C)C)C(=O)NNC(=O)[C@@H]1CC2(CC2)[C@H]2CN1C(=O)N2OCc1ccccc1. The minimum atomic E-state index is -2.45. The van der Waals surface area contributed by atoms with Crippen LogP contribution in [-0.2, 0) is 30.2 Å². The van der Waals surface area contributed by atoms with Crippen molar-refractivity contribution in [2.75, 3.05) is 13.1 Å². The molecule has 238 valence electrons. The quantitative estimate of drug-likeness (QED) is 0.283. The number of fused-ring (bicyclic) bond motifs is 3. The Morgan fingerprint density at radius 2 is 1.70 bits per heavy atom. The number of carbonyl (C=O) groups excluding carboxylic acids is 4. The van der Waals surface area contributed by atoms with Crippen LogP contribution in [0.1, 0.15) is 66.4 Å². The van der Waals surface area contributed by atoms with E-state index in [9.17, 15) is 19.2 Å². The van der Waals surface area contributed by atoms with E-state index >= 15 is 0 Å². The highest BCUT2D eigenvalue weighted by Crippen LogP contribution is 2.59. The molecule has 3 aliphatic rings. The van der Waals surface area contributed by atoms with Gasteiger partial charge in [-0.2, -0.15) is 5.06 Å². The summed E-state index contributed by atoms with van der Waals surface area (Å²) in [7, 11) is -2.45. The lowest BCUT2D eigenvalue weighted by molar-refractivity contribution is -0.153. The molecule has 5 amide bonds. The number of carbonyl (C=O) groups is 4. The third-order valence-corrected chi connectivity index (χ3v) is 13.3. The summed E-state index contributed by atoms with van der Waals surface area (Å²) >= 11 is 0. The molecule has 13 heteroatoms. The van der Waals surface area contributed by atoms with Crippen molar-refractivity contribution in [3.8, 4) is 0 Å². The van der Waals surface area contributed by atoms with Crippen molar-refractivity contribution in [2.45, 2.75) is 109 Å². The van der Waals surface area contributed by atoms with Crippen LogP contribution in [0.15, 0.2) is 30.3 Å². The van der Waals surface area contributed by atoms with Crippen molar-refractivity contribution < 1.29 is 33.2 Å². The number of hydroxylamine groups is 2. The van der Waals surface area contributed by atoms with E-state index in [1.165, 1.54) is 9.96 Å². The van der Waals surface area contributed by atoms with Crippen molar-refractivity contribution in [2.24, 2.45) is 5.41 Å². The Labute approximate surface area is 255 Å². The zero-order chi connectivity index (χ0) is 31.8. The molecule has 43 heavy (non-hydrogen) atoms. The molecule has 2 aliphatic heterocycles. The van der Waals surface area contributed by atoms with E-state index in [0.29, 0.717) is 13.0 Å². The van der Waals surface area contributed by atoms with Crippen LogP contribution < -0.4 is 16.2 Å². The second-order valence-corrected chi connectivity index (χ2v) is 19.1. The third kappa shape index (κ3) is 7.68. The molecule has 3 fully saturated rings. The van der Waals surface area contributed by atoms with Gasteiger partial charge in [-0.1, -0.05) is 51.1 Å². The number of amides is 5. The lowest BCUT2D eigenvalue weighted by Crippen LogP contribution is -2.59. The number of alkyl carbamates (subject to hydrolysis) is 1. The van der Waals surface area contributed by atoms with Gasteiger partial charge in [-0.3, -0.25) is 25.3 Å². The van der Waals surface area contributed by atoms with Crippen molar-refractivity contribution in [3.63, 3.8) is 0 Å². The van der Waals surface area contributed by atoms with E-state index in [4.69, 9.17) is 14.0 Å². The minimum absolute atomic E-state index is 0.122. The Morgan fingerprint density at radius 3 is 2.28 bits per heavy atom. The Bertz CT molecular complexity index is 1210. The number of hydrogen-bond donors (Lipinski definition) is 3. The minimum Gasteiger partial charge on any atom is -0.444 e. The van der Waals surface area contributed by atoms with Gasteiger partial charge >= 0.3 is 12.1 Å². The smallest absolute Gasteiger partial charge is 0.407 e. The fourth-order valence-electron chi connectivity index (χ4n) is 5.23. The highest BCUT2D eigenvalue weighted by Gasteiger charge is 2.64. The fourth-order valence-corrected chi connectivity index (χ4v) is 6.48.